The molecule has 0 aromatic heterocycles. The number of anilines is 1. The highest BCUT2D eigenvalue weighted by atomic mass is 79.9. The second-order valence-corrected chi connectivity index (χ2v) is 5.56. The summed E-state index contributed by atoms with van der Waals surface area (Å²) in [5.41, 5.74) is 2.25. The highest BCUT2D eigenvalue weighted by molar-refractivity contribution is 9.10. The van der Waals surface area contributed by atoms with Crippen LogP contribution in [0.2, 0.25) is 0 Å². The standard InChI is InChI=1S/C16H18BrNO/c1-12(13-5-3-2-4-6-13)16(11-19)18-15-9-7-14(17)8-10-15/h2-10,12,16,18-19H,11H2,1H3. The number of aliphatic hydroxyl groups is 1. The Morgan fingerprint density at radius 3 is 2.26 bits per heavy atom. The van der Waals surface area contributed by atoms with Crippen molar-refractivity contribution in [3.05, 3.63) is 64.6 Å². The quantitative estimate of drug-likeness (QED) is 0.872. The van der Waals surface area contributed by atoms with E-state index in [2.05, 4.69) is 40.3 Å². The van der Waals surface area contributed by atoms with Gasteiger partial charge in [-0.1, -0.05) is 53.2 Å². The van der Waals surface area contributed by atoms with Crippen molar-refractivity contribution in [1.29, 1.82) is 0 Å². The molecule has 0 aliphatic rings. The van der Waals surface area contributed by atoms with Gasteiger partial charge in [0, 0.05) is 16.1 Å². The minimum atomic E-state index is 0.00331. The van der Waals surface area contributed by atoms with Crippen molar-refractivity contribution >= 4 is 21.6 Å². The van der Waals surface area contributed by atoms with Crippen LogP contribution in [0.4, 0.5) is 5.69 Å². The van der Waals surface area contributed by atoms with Crippen molar-refractivity contribution in [3.8, 4) is 0 Å². The van der Waals surface area contributed by atoms with Crippen LogP contribution in [0, 0.1) is 0 Å². The second kappa shape index (κ2) is 6.73. The minimum Gasteiger partial charge on any atom is -0.394 e. The van der Waals surface area contributed by atoms with Crippen LogP contribution in [0.5, 0.6) is 0 Å². The van der Waals surface area contributed by atoms with Gasteiger partial charge in [-0.15, -0.1) is 0 Å². The highest BCUT2D eigenvalue weighted by Gasteiger charge is 2.17. The van der Waals surface area contributed by atoms with Crippen LogP contribution in [0.15, 0.2) is 59.1 Å². The number of halogens is 1. The lowest BCUT2D eigenvalue weighted by atomic mass is 9.93. The van der Waals surface area contributed by atoms with Gasteiger partial charge in [0.25, 0.3) is 0 Å². The zero-order valence-electron chi connectivity index (χ0n) is 10.9. The lowest BCUT2D eigenvalue weighted by Gasteiger charge is -2.24. The van der Waals surface area contributed by atoms with E-state index in [1.54, 1.807) is 0 Å². The fourth-order valence-electron chi connectivity index (χ4n) is 2.08. The smallest absolute Gasteiger partial charge is 0.0638 e. The van der Waals surface area contributed by atoms with Gasteiger partial charge in [-0.3, -0.25) is 0 Å². The third kappa shape index (κ3) is 3.82. The molecular weight excluding hydrogens is 302 g/mol. The molecule has 2 nitrogen and oxygen atoms in total. The molecular formula is C16H18BrNO. The van der Waals surface area contributed by atoms with Gasteiger partial charge < -0.3 is 10.4 Å². The Labute approximate surface area is 122 Å². The summed E-state index contributed by atoms with van der Waals surface area (Å²) in [5, 5.41) is 13.0. The molecule has 0 spiro atoms. The molecule has 2 atom stereocenters. The molecule has 2 unspecified atom stereocenters. The summed E-state index contributed by atoms with van der Waals surface area (Å²) in [6, 6.07) is 18.2. The summed E-state index contributed by atoms with van der Waals surface area (Å²) in [7, 11) is 0. The Balaban J connectivity index is 2.10. The molecule has 19 heavy (non-hydrogen) atoms. The molecule has 2 rings (SSSR count). The summed E-state index contributed by atoms with van der Waals surface area (Å²) in [6.07, 6.45) is 0. The van der Waals surface area contributed by atoms with Crippen molar-refractivity contribution in [3.63, 3.8) is 0 Å². The van der Waals surface area contributed by atoms with E-state index in [1.165, 1.54) is 5.56 Å². The first-order valence-electron chi connectivity index (χ1n) is 6.38. The van der Waals surface area contributed by atoms with Crippen molar-refractivity contribution in [2.75, 3.05) is 11.9 Å². The molecule has 3 heteroatoms. The highest BCUT2D eigenvalue weighted by Crippen LogP contribution is 2.23. The lowest BCUT2D eigenvalue weighted by molar-refractivity contribution is 0.262. The lowest BCUT2D eigenvalue weighted by Crippen LogP contribution is -2.29. The number of aliphatic hydroxyl groups excluding tert-OH is 1. The van der Waals surface area contributed by atoms with Crippen LogP contribution in [0.1, 0.15) is 18.4 Å². The molecule has 2 aromatic rings. The molecule has 0 saturated heterocycles. The second-order valence-electron chi connectivity index (χ2n) is 4.64. The van der Waals surface area contributed by atoms with Gasteiger partial charge in [0.05, 0.1) is 12.6 Å². The Morgan fingerprint density at radius 1 is 1.05 bits per heavy atom. The summed E-state index contributed by atoms with van der Waals surface area (Å²) in [5.74, 6) is 0.245. The maximum Gasteiger partial charge on any atom is 0.0638 e. The number of rotatable bonds is 5. The zero-order chi connectivity index (χ0) is 13.7. The third-order valence-electron chi connectivity index (χ3n) is 3.32. The molecule has 0 aliphatic heterocycles. The SMILES string of the molecule is CC(c1ccccc1)C(CO)Nc1ccc(Br)cc1. The summed E-state index contributed by atoms with van der Waals surface area (Å²) in [4.78, 5) is 0. The maximum atomic E-state index is 9.60. The topological polar surface area (TPSA) is 32.3 Å². The van der Waals surface area contributed by atoms with E-state index in [4.69, 9.17) is 0 Å². The largest absolute Gasteiger partial charge is 0.394 e. The molecule has 0 amide bonds. The Morgan fingerprint density at radius 2 is 1.68 bits per heavy atom. The first kappa shape index (κ1) is 14.1. The van der Waals surface area contributed by atoms with Crippen LogP contribution in [0.25, 0.3) is 0 Å². The van der Waals surface area contributed by atoms with Gasteiger partial charge in [0.15, 0.2) is 0 Å². The average molecular weight is 320 g/mol. The van der Waals surface area contributed by atoms with Crippen molar-refractivity contribution in [2.24, 2.45) is 0 Å². The molecule has 0 saturated carbocycles. The Hall–Kier alpha value is -1.32. The van der Waals surface area contributed by atoms with Gasteiger partial charge in [0.2, 0.25) is 0 Å². The summed E-state index contributed by atoms with van der Waals surface area (Å²) in [6.45, 7) is 2.23. The molecule has 0 fully saturated rings. The zero-order valence-corrected chi connectivity index (χ0v) is 12.5. The van der Waals surface area contributed by atoms with Crippen LogP contribution in [0.3, 0.4) is 0 Å². The van der Waals surface area contributed by atoms with Crippen molar-refractivity contribution < 1.29 is 5.11 Å². The summed E-state index contributed by atoms with van der Waals surface area (Å²) >= 11 is 3.42. The molecule has 0 radical (unpaired) electrons. The van der Waals surface area contributed by atoms with E-state index in [0.717, 1.165) is 10.2 Å². The molecule has 0 aliphatic carbocycles. The van der Waals surface area contributed by atoms with Crippen LogP contribution in [-0.2, 0) is 0 Å². The van der Waals surface area contributed by atoms with Crippen LogP contribution < -0.4 is 5.32 Å². The van der Waals surface area contributed by atoms with E-state index in [9.17, 15) is 5.11 Å². The van der Waals surface area contributed by atoms with Gasteiger partial charge in [-0.25, -0.2) is 0 Å². The summed E-state index contributed by atoms with van der Waals surface area (Å²) < 4.78 is 1.05. The predicted octanol–water partition coefficient (Wildman–Crippen LogP) is 4.03. The van der Waals surface area contributed by atoms with Crippen LogP contribution >= 0.6 is 15.9 Å². The minimum absolute atomic E-state index is 0.00331. The normalized spacial score (nSPS) is 13.8. The first-order chi connectivity index (χ1) is 9.20. The fourth-order valence-corrected chi connectivity index (χ4v) is 2.34. The number of nitrogens with one attached hydrogen (secondary N) is 1. The van der Waals surface area contributed by atoms with E-state index in [-0.39, 0.29) is 18.6 Å². The van der Waals surface area contributed by atoms with Gasteiger partial charge in [0.1, 0.15) is 0 Å². The van der Waals surface area contributed by atoms with Gasteiger partial charge >= 0.3 is 0 Å². The average Bonchev–Trinajstić information content (AvgIpc) is 2.47. The molecule has 2 aromatic carbocycles. The Bertz CT molecular complexity index is 498. The molecule has 100 valence electrons. The Kier molecular flexibility index (Phi) is 5.00. The molecule has 2 N–H and O–H groups in total. The van der Waals surface area contributed by atoms with E-state index < -0.39 is 0 Å². The fraction of sp³-hybridized carbons (Fsp3) is 0.250. The maximum absolute atomic E-state index is 9.60. The van der Waals surface area contributed by atoms with Gasteiger partial charge in [-0.05, 0) is 29.8 Å². The number of hydrogen-bond donors (Lipinski definition) is 2. The third-order valence-corrected chi connectivity index (χ3v) is 3.85. The predicted molar refractivity (Wildman–Crippen MR) is 83.5 cm³/mol. The number of benzene rings is 2. The van der Waals surface area contributed by atoms with E-state index in [0.29, 0.717) is 0 Å². The number of hydrogen-bond acceptors (Lipinski definition) is 2. The monoisotopic (exact) mass is 319 g/mol. The molecule has 0 heterocycles. The van der Waals surface area contributed by atoms with E-state index >= 15 is 0 Å². The van der Waals surface area contributed by atoms with Gasteiger partial charge in [-0.2, -0.15) is 0 Å². The molecule has 0 bridgehead atoms. The van der Waals surface area contributed by atoms with E-state index in [1.807, 2.05) is 42.5 Å². The van der Waals surface area contributed by atoms with Crippen molar-refractivity contribution in [1.82, 2.24) is 0 Å². The van der Waals surface area contributed by atoms with Crippen molar-refractivity contribution in [2.45, 2.75) is 18.9 Å². The van der Waals surface area contributed by atoms with Crippen LogP contribution in [-0.4, -0.2) is 17.8 Å². The first-order valence-corrected chi connectivity index (χ1v) is 7.18.